The first kappa shape index (κ1) is 17.6. The van der Waals surface area contributed by atoms with Crippen molar-refractivity contribution in [3.8, 4) is 0 Å². The number of aryl methyl sites for hydroxylation is 1. The van der Waals surface area contributed by atoms with Crippen LogP contribution in [0.25, 0.3) is 0 Å². The molecule has 0 atom stereocenters. The normalized spacial score (nSPS) is 10.8. The average Bonchev–Trinajstić information content (AvgIpc) is 2.44. The van der Waals surface area contributed by atoms with Crippen LogP contribution in [0.2, 0.25) is 0 Å². The molecule has 20 heavy (non-hydrogen) atoms. The summed E-state index contributed by atoms with van der Waals surface area (Å²) in [6, 6.07) is 0. The second-order valence-electron chi connectivity index (χ2n) is 4.38. The highest BCUT2D eigenvalue weighted by Crippen LogP contribution is 2.20. The van der Waals surface area contributed by atoms with E-state index in [0.29, 0.717) is 19.8 Å². The zero-order valence-electron chi connectivity index (χ0n) is 12.5. The van der Waals surface area contributed by atoms with E-state index in [0.717, 1.165) is 46.7 Å². The molecule has 0 unspecified atom stereocenters. The van der Waals surface area contributed by atoms with Gasteiger partial charge in [-0.3, -0.25) is 0 Å². The summed E-state index contributed by atoms with van der Waals surface area (Å²) in [5.74, 6) is 1.79. The van der Waals surface area contributed by atoms with Gasteiger partial charge in [0.05, 0.1) is 29.1 Å². The van der Waals surface area contributed by atoms with Crippen molar-refractivity contribution in [1.82, 2.24) is 9.97 Å². The minimum Gasteiger partial charge on any atom is -0.382 e. The summed E-state index contributed by atoms with van der Waals surface area (Å²) in [5.41, 5.74) is 1.13. The molecule has 0 fully saturated rings. The number of nitrogens with zero attached hydrogens (tertiary/aromatic N) is 2. The molecule has 0 aromatic carbocycles. The number of hydrogen-bond donors (Lipinski definition) is 1. The largest absolute Gasteiger partial charge is 0.382 e. The van der Waals surface area contributed by atoms with Crippen LogP contribution < -0.4 is 5.32 Å². The first-order chi connectivity index (χ1) is 9.72. The van der Waals surface area contributed by atoms with E-state index in [1.165, 1.54) is 0 Å². The van der Waals surface area contributed by atoms with E-state index < -0.39 is 0 Å². The van der Waals surface area contributed by atoms with Crippen molar-refractivity contribution >= 4 is 28.4 Å². The highest BCUT2D eigenvalue weighted by Gasteiger charge is 2.11. The van der Waals surface area contributed by atoms with Crippen LogP contribution in [0.1, 0.15) is 31.8 Å². The third-order valence-corrected chi connectivity index (χ3v) is 3.83. The number of rotatable bonds is 10. The highest BCUT2D eigenvalue weighted by atomic mass is 127. The van der Waals surface area contributed by atoms with E-state index in [1.807, 2.05) is 0 Å². The molecule has 5 nitrogen and oxygen atoms in total. The zero-order valence-corrected chi connectivity index (χ0v) is 14.7. The van der Waals surface area contributed by atoms with E-state index >= 15 is 0 Å². The topological polar surface area (TPSA) is 56.3 Å². The molecule has 0 aliphatic heterocycles. The van der Waals surface area contributed by atoms with Gasteiger partial charge in [0, 0.05) is 20.1 Å². The Morgan fingerprint density at radius 2 is 1.90 bits per heavy atom. The van der Waals surface area contributed by atoms with Crippen molar-refractivity contribution in [3.05, 3.63) is 15.1 Å². The quantitative estimate of drug-likeness (QED) is 0.489. The Morgan fingerprint density at radius 3 is 2.55 bits per heavy atom. The monoisotopic (exact) mass is 393 g/mol. The van der Waals surface area contributed by atoms with E-state index in [9.17, 15) is 0 Å². The van der Waals surface area contributed by atoms with Gasteiger partial charge in [0.2, 0.25) is 0 Å². The van der Waals surface area contributed by atoms with Crippen molar-refractivity contribution in [1.29, 1.82) is 0 Å². The fraction of sp³-hybridized carbons (Fsp3) is 0.714. The van der Waals surface area contributed by atoms with Gasteiger partial charge >= 0.3 is 0 Å². The van der Waals surface area contributed by atoms with Crippen molar-refractivity contribution in [2.45, 2.75) is 33.1 Å². The lowest BCUT2D eigenvalue weighted by Crippen LogP contribution is -2.12. The molecule has 114 valence electrons. The molecule has 1 rings (SSSR count). The predicted molar refractivity (Wildman–Crippen MR) is 89.3 cm³/mol. The summed E-state index contributed by atoms with van der Waals surface area (Å²) in [7, 11) is 1.67. The number of hydrogen-bond acceptors (Lipinski definition) is 5. The lowest BCUT2D eigenvalue weighted by atomic mass is 10.2. The minimum atomic E-state index is 0.614. The minimum absolute atomic E-state index is 0.614. The Balaban J connectivity index is 2.69. The first-order valence-corrected chi connectivity index (χ1v) is 8.16. The molecule has 0 saturated heterocycles. The zero-order chi connectivity index (χ0) is 14.8. The van der Waals surface area contributed by atoms with Gasteiger partial charge in [-0.05, 0) is 35.9 Å². The molecule has 0 radical (unpaired) electrons. The summed E-state index contributed by atoms with van der Waals surface area (Å²) in [6.07, 6.45) is 2.80. The Kier molecular flexibility index (Phi) is 9.04. The Morgan fingerprint density at radius 1 is 1.10 bits per heavy atom. The number of methoxy groups -OCH3 is 1. The van der Waals surface area contributed by atoms with Gasteiger partial charge in [-0.1, -0.05) is 13.3 Å². The molecule has 0 spiro atoms. The summed E-state index contributed by atoms with van der Waals surface area (Å²) in [5, 5.41) is 3.31. The van der Waals surface area contributed by atoms with Crippen LogP contribution in [0.4, 0.5) is 5.82 Å². The SMILES string of the molecule is CCCc1nc(CCOCCOC)nc(NCC)c1I. The van der Waals surface area contributed by atoms with E-state index in [1.54, 1.807) is 7.11 Å². The molecule has 1 heterocycles. The average molecular weight is 393 g/mol. The maximum Gasteiger partial charge on any atom is 0.143 e. The molecule has 0 aliphatic carbocycles. The van der Waals surface area contributed by atoms with Crippen molar-refractivity contribution in [3.63, 3.8) is 0 Å². The van der Waals surface area contributed by atoms with Gasteiger partial charge in [-0.15, -0.1) is 0 Å². The molecule has 1 aromatic heterocycles. The third kappa shape index (κ3) is 5.88. The van der Waals surface area contributed by atoms with Gasteiger partial charge in [0.25, 0.3) is 0 Å². The van der Waals surface area contributed by atoms with Crippen LogP contribution in [0.15, 0.2) is 0 Å². The first-order valence-electron chi connectivity index (χ1n) is 7.08. The smallest absolute Gasteiger partial charge is 0.143 e. The molecule has 6 heteroatoms. The number of halogens is 1. The van der Waals surface area contributed by atoms with Gasteiger partial charge in [0.1, 0.15) is 11.6 Å². The maximum absolute atomic E-state index is 5.48. The van der Waals surface area contributed by atoms with Gasteiger partial charge in [-0.25, -0.2) is 9.97 Å². The van der Waals surface area contributed by atoms with Crippen LogP contribution in [-0.4, -0.2) is 43.4 Å². The lowest BCUT2D eigenvalue weighted by molar-refractivity contribution is 0.0716. The number of nitrogens with one attached hydrogen (secondary N) is 1. The molecule has 0 aliphatic rings. The number of anilines is 1. The second-order valence-corrected chi connectivity index (χ2v) is 5.46. The summed E-state index contributed by atoms with van der Waals surface area (Å²) in [4.78, 5) is 9.23. The van der Waals surface area contributed by atoms with Crippen molar-refractivity contribution < 1.29 is 9.47 Å². The van der Waals surface area contributed by atoms with Gasteiger partial charge < -0.3 is 14.8 Å². The molecule has 0 amide bonds. The fourth-order valence-corrected chi connectivity index (χ4v) is 2.45. The highest BCUT2D eigenvalue weighted by molar-refractivity contribution is 14.1. The lowest BCUT2D eigenvalue weighted by Gasteiger charge is -2.12. The Bertz CT molecular complexity index is 375. The van der Waals surface area contributed by atoms with Crippen molar-refractivity contribution in [2.75, 3.05) is 38.8 Å². The molecule has 0 bridgehead atoms. The number of aromatic nitrogens is 2. The van der Waals surface area contributed by atoms with Crippen LogP contribution in [0.3, 0.4) is 0 Å². The second kappa shape index (κ2) is 10.3. The molecule has 1 N–H and O–H groups in total. The van der Waals surface area contributed by atoms with Crippen LogP contribution in [0, 0.1) is 3.57 Å². The maximum atomic E-state index is 5.48. The molecular weight excluding hydrogens is 369 g/mol. The summed E-state index contributed by atoms with van der Waals surface area (Å²) < 4.78 is 11.6. The number of ether oxygens (including phenoxy) is 2. The standard InChI is InChI=1S/C14H24IN3O2/c1-4-6-11-13(15)14(16-5-2)18-12(17-11)7-8-20-10-9-19-3/h4-10H2,1-3H3,(H,16,17,18). The summed E-state index contributed by atoms with van der Waals surface area (Å²) >= 11 is 2.33. The van der Waals surface area contributed by atoms with Crippen LogP contribution >= 0.6 is 22.6 Å². The van der Waals surface area contributed by atoms with Crippen LogP contribution in [-0.2, 0) is 22.3 Å². The third-order valence-electron chi connectivity index (χ3n) is 2.70. The van der Waals surface area contributed by atoms with Crippen LogP contribution in [0.5, 0.6) is 0 Å². The predicted octanol–water partition coefficient (Wildman–Crippen LogP) is 2.67. The molecular formula is C14H24IN3O2. The molecule has 0 saturated carbocycles. The fourth-order valence-electron chi connectivity index (χ4n) is 1.75. The van der Waals surface area contributed by atoms with E-state index in [4.69, 9.17) is 9.47 Å². The van der Waals surface area contributed by atoms with Gasteiger partial charge in [-0.2, -0.15) is 0 Å². The van der Waals surface area contributed by atoms with Gasteiger partial charge in [0.15, 0.2) is 0 Å². The summed E-state index contributed by atoms with van der Waals surface area (Å²) in [6.45, 7) is 6.97. The molecule has 1 aromatic rings. The Hall–Kier alpha value is -0.470. The Labute approximate surface area is 135 Å². The van der Waals surface area contributed by atoms with E-state index in [-0.39, 0.29) is 0 Å². The van der Waals surface area contributed by atoms with E-state index in [2.05, 4.69) is 51.7 Å². The van der Waals surface area contributed by atoms with Crippen molar-refractivity contribution in [2.24, 2.45) is 0 Å².